The van der Waals surface area contributed by atoms with E-state index in [9.17, 15) is 13.4 Å². The zero-order valence-corrected chi connectivity index (χ0v) is 12.1. The number of carbonyl (C=O) groups is 1. The van der Waals surface area contributed by atoms with E-state index in [0.29, 0.717) is 11.3 Å². The molecule has 0 aromatic heterocycles. The molecule has 1 N–H and O–H groups in total. The van der Waals surface area contributed by atoms with E-state index in [1.165, 1.54) is 19.2 Å². The maximum absolute atomic E-state index is 13.5. The summed E-state index contributed by atoms with van der Waals surface area (Å²) in [5.74, 6) is -0.199. The first kappa shape index (κ1) is 15.6. The van der Waals surface area contributed by atoms with Crippen molar-refractivity contribution in [1.82, 2.24) is 5.32 Å². The van der Waals surface area contributed by atoms with Gasteiger partial charge in [0.2, 0.25) is 5.91 Å². The predicted molar refractivity (Wildman–Crippen MR) is 73.1 cm³/mol. The smallest absolute Gasteiger partial charge is 0.233 e. The molecule has 0 aliphatic rings. The molecule has 4 nitrogen and oxygen atoms in total. The lowest BCUT2D eigenvalue weighted by Gasteiger charge is -2.15. The van der Waals surface area contributed by atoms with Gasteiger partial charge in [0.05, 0.1) is 13.2 Å². The van der Waals surface area contributed by atoms with Crippen LogP contribution < -0.4 is 10.1 Å². The van der Waals surface area contributed by atoms with Gasteiger partial charge in [0.25, 0.3) is 0 Å². The monoisotopic (exact) mass is 287 g/mol. The number of benzene rings is 1. The van der Waals surface area contributed by atoms with Gasteiger partial charge in [-0.25, -0.2) is 4.39 Å². The highest BCUT2D eigenvalue weighted by atomic mass is 32.2. The maximum Gasteiger partial charge on any atom is 0.233 e. The third-order valence-corrected chi connectivity index (χ3v) is 3.90. The summed E-state index contributed by atoms with van der Waals surface area (Å²) in [4.78, 5) is 11.6. The number of rotatable bonds is 6. The van der Waals surface area contributed by atoms with E-state index in [4.69, 9.17) is 4.74 Å². The Balaban J connectivity index is 2.67. The van der Waals surface area contributed by atoms with Crippen LogP contribution in [0.4, 0.5) is 4.39 Å². The number of halogens is 1. The average molecular weight is 287 g/mol. The minimum Gasteiger partial charge on any atom is -0.494 e. The zero-order valence-electron chi connectivity index (χ0n) is 11.2. The van der Waals surface area contributed by atoms with Crippen molar-refractivity contribution in [2.24, 2.45) is 0 Å². The fraction of sp³-hybridized carbons (Fsp3) is 0.462. The van der Waals surface area contributed by atoms with Crippen molar-refractivity contribution in [3.63, 3.8) is 0 Å². The first-order valence-electron chi connectivity index (χ1n) is 5.95. The van der Waals surface area contributed by atoms with Crippen molar-refractivity contribution in [1.29, 1.82) is 0 Å². The largest absolute Gasteiger partial charge is 0.494 e. The van der Waals surface area contributed by atoms with E-state index in [-0.39, 0.29) is 23.5 Å². The number of amides is 1. The molecule has 0 saturated carbocycles. The summed E-state index contributed by atoms with van der Waals surface area (Å²) in [5.41, 5.74) is 0.633. The first-order valence-corrected chi connectivity index (χ1v) is 7.44. The van der Waals surface area contributed by atoms with Gasteiger partial charge in [-0.2, -0.15) is 0 Å². The van der Waals surface area contributed by atoms with Crippen LogP contribution in [0.1, 0.15) is 25.5 Å². The summed E-state index contributed by atoms with van der Waals surface area (Å²) in [6.45, 7) is 3.50. The molecule has 0 aliphatic carbocycles. The number of hydrogen-bond acceptors (Lipinski definition) is 3. The fourth-order valence-electron chi connectivity index (χ4n) is 1.57. The summed E-state index contributed by atoms with van der Waals surface area (Å²) in [6, 6.07) is 4.17. The van der Waals surface area contributed by atoms with Crippen molar-refractivity contribution in [2.45, 2.75) is 19.9 Å². The Labute approximate surface area is 114 Å². The quantitative estimate of drug-likeness (QED) is 0.867. The van der Waals surface area contributed by atoms with Crippen LogP contribution in [0.3, 0.4) is 0 Å². The van der Waals surface area contributed by atoms with Crippen molar-refractivity contribution < 1.29 is 18.1 Å². The molecule has 106 valence electrons. The standard InChI is InChI=1S/C13H18FNO3S/c1-4-19(17)8-13(16)15-9(2)10-5-6-12(18-3)11(14)7-10/h5-7,9H,4,8H2,1-3H3,(H,15,16)/t9-,19+/m1/s1. The number of nitrogens with one attached hydrogen (secondary N) is 1. The molecule has 6 heteroatoms. The highest BCUT2D eigenvalue weighted by molar-refractivity contribution is 7.85. The molecule has 0 fully saturated rings. The van der Waals surface area contributed by atoms with E-state index in [0.717, 1.165) is 0 Å². The fourth-order valence-corrected chi connectivity index (χ4v) is 2.15. The third kappa shape index (κ3) is 4.63. The van der Waals surface area contributed by atoms with Gasteiger partial charge in [-0.3, -0.25) is 9.00 Å². The topological polar surface area (TPSA) is 55.4 Å². The SMILES string of the molecule is CC[S@](=O)CC(=O)N[C@H](C)c1ccc(OC)c(F)c1. The molecule has 1 aromatic carbocycles. The van der Waals surface area contributed by atoms with E-state index in [2.05, 4.69) is 5.32 Å². The number of carbonyl (C=O) groups excluding carboxylic acids is 1. The molecule has 0 bridgehead atoms. The number of ether oxygens (including phenoxy) is 1. The molecule has 2 atom stereocenters. The molecular formula is C13H18FNO3S. The molecule has 1 amide bonds. The zero-order chi connectivity index (χ0) is 14.4. The molecule has 0 heterocycles. The van der Waals surface area contributed by atoms with Crippen molar-refractivity contribution in [2.75, 3.05) is 18.6 Å². The van der Waals surface area contributed by atoms with E-state index in [1.54, 1.807) is 19.9 Å². The van der Waals surface area contributed by atoms with Crippen LogP contribution in [0.2, 0.25) is 0 Å². The van der Waals surface area contributed by atoms with Gasteiger partial charge in [0.1, 0.15) is 5.75 Å². The van der Waals surface area contributed by atoms with Crippen LogP contribution in [0.25, 0.3) is 0 Å². The molecule has 0 spiro atoms. The van der Waals surface area contributed by atoms with Gasteiger partial charge in [-0.05, 0) is 24.6 Å². The summed E-state index contributed by atoms with van der Waals surface area (Å²) in [6.07, 6.45) is 0. The predicted octanol–water partition coefficient (Wildman–Crippen LogP) is 1.78. The van der Waals surface area contributed by atoms with Gasteiger partial charge in [-0.15, -0.1) is 0 Å². The Hall–Kier alpha value is -1.43. The Bertz CT molecular complexity index is 479. The lowest BCUT2D eigenvalue weighted by Crippen LogP contribution is -2.31. The second kappa shape index (κ2) is 7.23. The maximum atomic E-state index is 13.5. The van der Waals surface area contributed by atoms with Crippen LogP contribution in [-0.2, 0) is 15.6 Å². The first-order chi connectivity index (χ1) is 8.97. The Morgan fingerprint density at radius 3 is 2.74 bits per heavy atom. The molecular weight excluding hydrogens is 269 g/mol. The van der Waals surface area contributed by atoms with E-state index in [1.807, 2.05) is 0 Å². The van der Waals surface area contributed by atoms with Crippen molar-refractivity contribution in [3.8, 4) is 5.75 Å². The molecule has 0 unspecified atom stereocenters. The van der Waals surface area contributed by atoms with Crippen LogP contribution in [0.15, 0.2) is 18.2 Å². The molecule has 1 aromatic rings. The molecule has 0 aliphatic heterocycles. The highest BCUT2D eigenvalue weighted by Crippen LogP contribution is 2.21. The van der Waals surface area contributed by atoms with E-state index >= 15 is 0 Å². The van der Waals surface area contributed by atoms with Gasteiger partial charge in [0.15, 0.2) is 11.6 Å². The minimum atomic E-state index is -1.15. The van der Waals surface area contributed by atoms with Gasteiger partial charge >= 0.3 is 0 Å². The Kier molecular flexibility index (Phi) is 5.95. The van der Waals surface area contributed by atoms with Crippen LogP contribution in [-0.4, -0.2) is 28.7 Å². The molecule has 0 saturated heterocycles. The normalized spacial score (nSPS) is 13.7. The lowest BCUT2D eigenvalue weighted by molar-refractivity contribution is -0.119. The van der Waals surface area contributed by atoms with Crippen LogP contribution in [0, 0.1) is 5.82 Å². The average Bonchev–Trinajstić information content (AvgIpc) is 2.38. The summed E-state index contributed by atoms with van der Waals surface area (Å²) >= 11 is 0. The third-order valence-electron chi connectivity index (χ3n) is 2.67. The Morgan fingerprint density at radius 1 is 1.53 bits per heavy atom. The summed E-state index contributed by atoms with van der Waals surface area (Å²) < 4.78 is 29.6. The Morgan fingerprint density at radius 2 is 2.21 bits per heavy atom. The second-order valence-electron chi connectivity index (χ2n) is 4.06. The van der Waals surface area contributed by atoms with Crippen LogP contribution in [0.5, 0.6) is 5.75 Å². The minimum absolute atomic E-state index is 0.0283. The van der Waals surface area contributed by atoms with Gasteiger partial charge in [-0.1, -0.05) is 13.0 Å². The number of hydrogen-bond donors (Lipinski definition) is 1. The van der Waals surface area contributed by atoms with Gasteiger partial charge in [0, 0.05) is 16.6 Å². The summed E-state index contributed by atoms with van der Waals surface area (Å²) in [7, 11) is 0.247. The molecule has 0 radical (unpaired) electrons. The molecule has 19 heavy (non-hydrogen) atoms. The van der Waals surface area contributed by atoms with Crippen LogP contribution >= 0.6 is 0 Å². The lowest BCUT2D eigenvalue weighted by atomic mass is 10.1. The van der Waals surface area contributed by atoms with Gasteiger partial charge < -0.3 is 10.1 Å². The molecule has 1 rings (SSSR count). The van der Waals surface area contributed by atoms with E-state index < -0.39 is 16.6 Å². The highest BCUT2D eigenvalue weighted by Gasteiger charge is 2.13. The number of methoxy groups -OCH3 is 1. The van der Waals surface area contributed by atoms with Crippen molar-refractivity contribution in [3.05, 3.63) is 29.6 Å². The summed E-state index contributed by atoms with van der Waals surface area (Å²) in [5, 5.41) is 2.69. The second-order valence-corrected chi connectivity index (χ2v) is 5.80. The van der Waals surface area contributed by atoms with Crippen molar-refractivity contribution >= 4 is 16.7 Å².